The largest absolute Gasteiger partial charge is 1.00 e. The summed E-state index contributed by atoms with van der Waals surface area (Å²) in [6.45, 7) is 0. The molecule has 0 aliphatic heterocycles. The molecule has 5 nitrogen and oxygen atoms in total. The standard InChI is InChI=1S/C6H7NO4S.Na/c7-5-1-3-6(4-2-5)11-12(8,9)10;/h1-4H,7H2,(H,8,9,10);/q;+1/p-1. The Balaban J connectivity index is 0.00000144. The van der Waals surface area contributed by atoms with Crippen molar-refractivity contribution in [2.75, 3.05) is 5.73 Å². The van der Waals surface area contributed by atoms with Gasteiger partial charge in [0.15, 0.2) is 0 Å². The predicted molar refractivity (Wildman–Crippen MR) is 41.2 cm³/mol. The SMILES string of the molecule is Nc1ccc(OS(=O)(=O)[O-])cc1.[Na+]. The maximum Gasteiger partial charge on any atom is 1.00 e. The molecular formula is C6H6NNaO4S. The number of nitrogen functional groups attached to an aromatic ring is 1. The topological polar surface area (TPSA) is 92.5 Å². The van der Waals surface area contributed by atoms with E-state index in [0.717, 1.165) is 0 Å². The summed E-state index contributed by atoms with van der Waals surface area (Å²) in [6.07, 6.45) is 0. The zero-order valence-corrected chi connectivity index (χ0v) is 9.74. The van der Waals surface area contributed by atoms with Crippen LogP contribution >= 0.6 is 0 Å². The van der Waals surface area contributed by atoms with Crippen LogP contribution < -0.4 is 39.5 Å². The number of anilines is 1. The van der Waals surface area contributed by atoms with E-state index >= 15 is 0 Å². The summed E-state index contributed by atoms with van der Waals surface area (Å²) in [7, 11) is -4.68. The Kier molecular flexibility index (Phi) is 4.72. The predicted octanol–water partition coefficient (Wildman–Crippen LogP) is -2.89. The quantitative estimate of drug-likeness (QED) is 0.245. The van der Waals surface area contributed by atoms with Crippen LogP contribution in [0.5, 0.6) is 5.75 Å². The van der Waals surface area contributed by atoms with Crippen LogP contribution in [-0.2, 0) is 10.4 Å². The minimum atomic E-state index is -4.68. The van der Waals surface area contributed by atoms with Gasteiger partial charge in [-0.2, -0.15) is 0 Å². The minimum Gasteiger partial charge on any atom is -0.716 e. The minimum absolute atomic E-state index is 0. The molecule has 0 heterocycles. The van der Waals surface area contributed by atoms with Crippen LogP contribution in [0.4, 0.5) is 5.69 Å². The van der Waals surface area contributed by atoms with Gasteiger partial charge in [-0.25, -0.2) is 8.42 Å². The van der Waals surface area contributed by atoms with E-state index in [-0.39, 0.29) is 35.3 Å². The molecule has 0 aromatic heterocycles. The third-order valence-corrected chi connectivity index (χ3v) is 1.47. The van der Waals surface area contributed by atoms with Crippen LogP contribution in [0.25, 0.3) is 0 Å². The fraction of sp³-hybridized carbons (Fsp3) is 0. The van der Waals surface area contributed by atoms with Gasteiger partial charge in [-0.1, -0.05) is 0 Å². The van der Waals surface area contributed by atoms with Gasteiger partial charge in [0, 0.05) is 5.69 Å². The Morgan fingerprint density at radius 2 is 1.69 bits per heavy atom. The summed E-state index contributed by atoms with van der Waals surface area (Å²) < 4.78 is 34.2. The van der Waals surface area contributed by atoms with Gasteiger partial charge in [0.1, 0.15) is 5.75 Å². The van der Waals surface area contributed by atoms with Crippen molar-refractivity contribution in [1.29, 1.82) is 0 Å². The molecule has 0 saturated carbocycles. The second kappa shape index (κ2) is 4.83. The molecule has 0 atom stereocenters. The van der Waals surface area contributed by atoms with Crippen LogP contribution in [-0.4, -0.2) is 13.0 Å². The monoisotopic (exact) mass is 211 g/mol. The van der Waals surface area contributed by atoms with E-state index < -0.39 is 10.4 Å². The average Bonchev–Trinajstić information content (AvgIpc) is 1.91. The van der Waals surface area contributed by atoms with Gasteiger partial charge in [-0.3, -0.25) is 0 Å². The van der Waals surface area contributed by atoms with Gasteiger partial charge in [0.2, 0.25) is 0 Å². The summed E-state index contributed by atoms with van der Waals surface area (Å²) in [4.78, 5) is 0. The molecule has 2 N–H and O–H groups in total. The molecule has 0 spiro atoms. The molecule has 13 heavy (non-hydrogen) atoms. The summed E-state index contributed by atoms with van der Waals surface area (Å²) in [5, 5.41) is 0. The first kappa shape index (κ1) is 12.7. The summed E-state index contributed by atoms with van der Waals surface area (Å²) in [5.41, 5.74) is 5.77. The van der Waals surface area contributed by atoms with Gasteiger partial charge in [0.25, 0.3) is 10.4 Å². The fourth-order valence-corrected chi connectivity index (χ4v) is 0.988. The zero-order valence-electron chi connectivity index (χ0n) is 6.93. The molecule has 7 heteroatoms. The molecule has 1 aromatic carbocycles. The Morgan fingerprint density at radius 3 is 2.08 bits per heavy atom. The summed E-state index contributed by atoms with van der Waals surface area (Å²) in [5.74, 6) is -0.0424. The van der Waals surface area contributed by atoms with Gasteiger partial charge in [-0.15, -0.1) is 0 Å². The van der Waals surface area contributed by atoms with Crippen molar-refractivity contribution in [3.8, 4) is 5.75 Å². The maximum absolute atomic E-state index is 10.1. The van der Waals surface area contributed by atoms with Crippen LogP contribution in [0, 0.1) is 0 Å². The summed E-state index contributed by atoms with van der Waals surface area (Å²) in [6, 6.07) is 5.45. The number of hydrogen-bond donors (Lipinski definition) is 1. The van der Waals surface area contributed by atoms with Crippen LogP contribution in [0.1, 0.15) is 0 Å². The van der Waals surface area contributed by atoms with Gasteiger partial charge in [-0.05, 0) is 24.3 Å². The van der Waals surface area contributed by atoms with E-state index in [9.17, 15) is 13.0 Å². The van der Waals surface area contributed by atoms with Crippen LogP contribution in [0.2, 0.25) is 0 Å². The normalized spacial score (nSPS) is 10.2. The van der Waals surface area contributed by atoms with Crippen molar-refractivity contribution in [1.82, 2.24) is 0 Å². The fourth-order valence-electron chi connectivity index (χ4n) is 0.641. The Hall–Kier alpha value is -0.270. The van der Waals surface area contributed by atoms with Gasteiger partial charge in [0.05, 0.1) is 0 Å². The van der Waals surface area contributed by atoms with Crippen molar-refractivity contribution < 1.29 is 46.7 Å². The van der Waals surface area contributed by atoms with Crippen molar-refractivity contribution >= 4 is 16.1 Å². The molecule has 0 radical (unpaired) electrons. The Bertz CT molecular complexity index is 361. The smallest absolute Gasteiger partial charge is 0.716 e. The molecule has 0 bridgehead atoms. The average molecular weight is 211 g/mol. The van der Waals surface area contributed by atoms with E-state index in [0.29, 0.717) is 5.69 Å². The molecule has 66 valence electrons. The van der Waals surface area contributed by atoms with E-state index in [2.05, 4.69) is 4.18 Å². The van der Waals surface area contributed by atoms with Crippen molar-refractivity contribution in [2.24, 2.45) is 0 Å². The number of benzene rings is 1. The summed E-state index contributed by atoms with van der Waals surface area (Å²) >= 11 is 0. The molecule has 0 aliphatic carbocycles. The molecule has 0 aliphatic rings. The number of rotatable bonds is 2. The van der Waals surface area contributed by atoms with E-state index in [1.807, 2.05) is 0 Å². The van der Waals surface area contributed by atoms with Crippen LogP contribution in [0.3, 0.4) is 0 Å². The number of hydrogen-bond acceptors (Lipinski definition) is 5. The Labute approximate surface area is 98.1 Å². The molecule has 1 aromatic rings. The molecular weight excluding hydrogens is 205 g/mol. The first-order valence-electron chi connectivity index (χ1n) is 2.98. The van der Waals surface area contributed by atoms with E-state index in [1.54, 1.807) is 0 Å². The van der Waals surface area contributed by atoms with Crippen molar-refractivity contribution in [2.45, 2.75) is 0 Å². The van der Waals surface area contributed by atoms with Gasteiger partial charge >= 0.3 is 29.6 Å². The van der Waals surface area contributed by atoms with Crippen molar-refractivity contribution in [3.63, 3.8) is 0 Å². The third kappa shape index (κ3) is 5.12. The first-order valence-corrected chi connectivity index (χ1v) is 4.31. The first-order chi connectivity index (χ1) is 5.47. The number of nitrogens with two attached hydrogens (primary N) is 1. The molecule has 0 unspecified atom stereocenters. The van der Waals surface area contributed by atoms with Crippen LogP contribution in [0.15, 0.2) is 24.3 Å². The molecule has 0 amide bonds. The van der Waals surface area contributed by atoms with E-state index in [1.165, 1.54) is 24.3 Å². The second-order valence-electron chi connectivity index (χ2n) is 2.06. The van der Waals surface area contributed by atoms with E-state index in [4.69, 9.17) is 5.73 Å². The molecule has 0 fully saturated rings. The van der Waals surface area contributed by atoms with Crippen molar-refractivity contribution in [3.05, 3.63) is 24.3 Å². The molecule has 1 rings (SSSR count). The zero-order chi connectivity index (χ0) is 9.19. The van der Waals surface area contributed by atoms with Gasteiger partial charge < -0.3 is 14.5 Å². The maximum atomic E-state index is 10.1. The third-order valence-electron chi connectivity index (χ3n) is 1.08. The molecule has 0 saturated heterocycles. The Morgan fingerprint density at radius 1 is 1.23 bits per heavy atom. The second-order valence-corrected chi connectivity index (χ2v) is 3.04.